The highest BCUT2D eigenvalue weighted by atomic mass is 19.4. The zero-order chi connectivity index (χ0) is 14.6. The molecule has 2 rings (SSSR count). The number of hydrogen-bond donors (Lipinski definition) is 2. The minimum absolute atomic E-state index is 0.0227. The van der Waals surface area contributed by atoms with E-state index in [2.05, 4.69) is 5.43 Å². The van der Waals surface area contributed by atoms with Gasteiger partial charge in [-0.2, -0.15) is 13.2 Å². The first kappa shape index (κ1) is 15.3. The van der Waals surface area contributed by atoms with Gasteiger partial charge in [-0.3, -0.25) is 11.3 Å². The Morgan fingerprint density at radius 3 is 2.25 bits per heavy atom. The average Bonchev–Trinajstić information content (AvgIpc) is 2.90. The molecule has 0 bridgehead atoms. The highest BCUT2D eigenvalue weighted by Crippen LogP contribution is 2.45. The lowest BCUT2D eigenvalue weighted by Gasteiger charge is -2.38. The van der Waals surface area contributed by atoms with Gasteiger partial charge in [-0.05, 0) is 24.8 Å². The molecular weight excluding hydrogens is 265 g/mol. The van der Waals surface area contributed by atoms with E-state index in [-0.39, 0.29) is 17.9 Å². The smallest absolute Gasteiger partial charge is 0.271 e. The van der Waals surface area contributed by atoms with Crippen molar-refractivity contribution in [2.45, 2.75) is 56.2 Å². The van der Waals surface area contributed by atoms with E-state index in [9.17, 15) is 13.2 Å². The SMILES string of the molecule is NNC(CCC(F)(F)F)C1(c2ccccc2)CCCC1. The molecule has 0 amide bonds. The second-order valence-corrected chi connectivity index (χ2v) is 5.60. The molecule has 1 fully saturated rings. The van der Waals surface area contributed by atoms with Crippen LogP contribution in [0.1, 0.15) is 44.1 Å². The summed E-state index contributed by atoms with van der Waals surface area (Å²) in [6, 6.07) is 9.47. The van der Waals surface area contributed by atoms with E-state index >= 15 is 0 Å². The van der Waals surface area contributed by atoms with Crippen LogP contribution >= 0.6 is 0 Å². The fourth-order valence-electron chi connectivity index (χ4n) is 3.44. The molecule has 1 saturated carbocycles. The zero-order valence-electron chi connectivity index (χ0n) is 11.4. The topological polar surface area (TPSA) is 38.0 Å². The van der Waals surface area contributed by atoms with Crippen molar-refractivity contribution in [2.75, 3.05) is 0 Å². The molecule has 1 unspecified atom stereocenters. The van der Waals surface area contributed by atoms with Gasteiger partial charge in [0.2, 0.25) is 0 Å². The van der Waals surface area contributed by atoms with E-state index in [4.69, 9.17) is 5.84 Å². The Hall–Kier alpha value is -1.07. The maximum absolute atomic E-state index is 12.5. The summed E-state index contributed by atoms with van der Waals surface area (Å²) in [4.78, 5) is 0. The first-order chi connectivity index (χ1) is 9.48. The summed E-state index contributed by atoms with van der Waals surface area (Å²) in [7, 11) is 0. The number of benzene rings is 1. The number of nitrogens with two attached hydrogens (primary N) is 1. The molecule has 2 nitrogen and oxygen atoms in total. The predicted molar refractivity (Wildman–Crippen MR) is 73.0 cm³/mol. The van der Waals surface area contributed by atoms with Crippen molar-refractivity contribution in [3.05, 3.63) is 35.9 Å². The van der Waals surface area contributed by atoms with Crippen LogP contribution in [0.2, 0.25) is 0 Å². The maximum Gasteiger partial charge on any atom is 0.389 e. The molecule has 1 aliphatic carbocycles. The molecule has 20 heavy (non-hydrogen) atoms. The van der Waals surface area contributed by atoms with E-state index in [1.807, 2.05) is 30.3 Å². The van der Waals surface area contributed by atoms with Crippen LogP contribution in [0.3, 0.4) is 0 Å². The minimum atomic E-state index is -4.13. The van der Waals surface area contributed by atoms with Crippen LogP contribution in [-0.2, 0) is 5.41 Å². The molecule has 0 radical (unpaired) electrons. The number of rotatable bonds is 5. The maximum atomic E-state index is 12.5. The van der Waals surface area contributed by atoms with Crippen LogP contribution in [0.4, 0.5) is 13.2 Å². The van der Waals surface area contributed by atoms with Crippen LogP contribution in [0.15, 0.2) is 30.3 Å². The molecule has 0 spiro atoms. The average molecular weight is 286 g/mol. The van der Waals surface area contributed by atoms with Crippen molar-refractivity contribution in [3.8, 4) is 0 Å². The number of hydrogen-bond acceptors (Lipinski definition) is 2. The van der Waals surface area contributed by atoms with Crippen molar-refractivity contribution in [1.82, 2.24) is 5.43 Å². The van der Waals surface area contributed by atoms with Crippen molar-refractivity contribution in [1.29, 1.82) is 0 Å². The summed E-state index contributed by atoms with van der Waals surface area (Å²) in [6.45, 7) is 0. The van der Waals surface area contributed by atoms with Gasteiger partial charge in [0.05, 0.1) is 0 Å². The summed E-state index contributed by atoms with van der Waals surface area (Å²) in [6.07, 6.45) is -1.04. The number of halogens is 3. The van der Waals surface area contributed by atoms with Crippen LogP contribution in [0.5, 0.6) is 0 Å². The van der Waals surface area contributed by atoms with Gasteiger partial charge in [0.25, 0.3) is 0 Å². The van der Waals surface area contributed by atoms with Gasteiger partial charge in [-0.1, -0.05) is 43.2 Å². The minimum Gasteiger partial charge on any atom is -0.271 e. The monoisotopic (exact) mass is 286 g/mol. The number of alkyl halides is 3. The quantitative estimate of drug-likeness (QED) is 0.640. The van der Waals surface area contributed by atoms with Gasteiger partial charge in [0.15, 0.2) is 0 Å². The molecule has 0 heterocycles. The third-order valence-electron chi connectivity index (χ3n) is 4.43. The third kappa shape index (κ3) is 3.33. The Balaban J connectivity index is 2.22. The van der Waals surface area contributed by atoms with Crippen LogP contribution < -0.4 is 11.3 Å². The third-order valence-corrected chi connectivity index (χ3v) is 4.43. The molecule has 5 heteroatoms. The molecule has 112 valence electrons. The second-order valence-electron chi connectivity index (χ2n) is 5.60. The lowest BCUT2D eigenvalue weighted by atomic mass is 9.71. The highest BCUT2D eigenvalue weighted by molar-refractivity contribution is 5.29. The first-order valence-electron chi connectivity index (χ1n) is 7.06. The summed E-state index contributed by atoms with van der Waals surface area (Å²) < 4.78 is 37.5. The Morgan fingerprint density at radius 1 is 1.15 bits per heavy atom. The van der Waals surface area contributed by atoms with E-state index in [0.29, 0.717) is 0 Å². The largest absolute Gasteiger partial charge is 0.389 e. The van der Waals surface area contributed by atoms with E-state index in [1.54, 1.807) is 0 Å². The standard InChI is InChI=1S/C15H21F3N2/c16-15(17,18)11-8-13(20-19)14(9-4-5-10-14)12-6-2-1-3-7-12/h1-3,6-7,13,20H,4-5,8-11,19H2. The number of hydrazine groups is 1. The fraction of sp³-hybridized carbons (Fsp3) is 0.600. The van der Waals surface area contributed by atoms with Gasteiger partial charge in [0, 0.05) is 17.9 Å². The van der Waals surface area contributed by atoms with Gasteiger partial charge >= 0.3 is 6.18 Å². The molecular formula is C15H21F3N2. The molecule has 1 aliphatic rings. The van der Waals surface area contributed by atoms with E-state index in [0.717, 1.165) is 31.2 Å². The van der Waals surface area contributed by atoms with Gasteiger partial charge in [0.1, 0.15) is 0 Å². The molecule has 1 atom stereocenters. The van der Waals surface area contributed by atoms with Gasteiger partial charge < -0.3 is 0 Å². The predicted octanol–water partition coefficient (Wildman–Crippen LogP) is 3.67. The molecule has 0 aromatic heterocycles. The van der Waals surface area contributed by atoms with Crippen molar-refractivity contribution >= 4 is 0 Å². The molecule has 3 N–H and O–H groups in total. The highest BCUT2D eigenvalue weighted by Gasteiger charge is 2.43. The van der Waals surface area contributed by atoms with Crippen molar-refractivity contribution in [3.63, 3.8) is 0 Å². The summed E-state index contributed by atoms with van der Waals surface area (Å²) >= 11 is 0. The zero-order valence-corrected chi connectivity index (χ0v) is 11.4. The molecule has 1 aromatic rings. The van der Waals surface area contributed by atoms with Gasteiger partial charge in [-0.15, -0.1) is 0 Å². The summed E-state index contributed by atoms with van der Waals surface area (Å²) in [5.41, 5.74) is 3.49. The fourth-order valence-corrected chi connectivity index (χ4v) is 3.44. The van der Waals surface area contributed by atoms with E-state index in [1.165, 1.54) is 0 Å². The second kappa shape index (κ2) is 6.14. The Labute approximate surface area is 117 Å². The summed E-state index contributed by atoms with van der Waals surface area (Å²) in [5.74, 6) is 5.59. The number of nitrogens with one attached hydrogen (secondary N) is 1. The first-order valence-corrected chi connectivity index (χ1v) is 7.06. The lowest BCUT2D eigenvalue weighted by Crippen LogP contribution is -2.50. The van der Waals surface area contributed by atoms with Gasteiger partial charge in [-0.25, -0.2) is 0 Å². The lowest BCUT2D eigenvalue weighted by molar-refractivity contribution is -0.137. The Kier molecular flexibility index (Phi) is 4.70. The van der Waals surface area contributed by atoms with Crippen molar-refractivity contribution in [2.24, 2.45) is 5.84 Å². The van der Waals surface area contributed by atoms with Crippen LogP contribution in [0.25, 0.3) is 0 Å². The molecule has 1 aromatic carbocycles. The normalized spacial score (nSPS) is 20.0. The Morgan fingerprint density at radius 2 is 1.75 bits per heavy atom. The van der Waals surface area contributed by atoms with Crippen LogP contribution in [0, 0.1) is 0 Å². The Bertz CT molecular complexity index is 411. The van der Waals surface area contributed by atoms with Crippen LogP contribution in [-0.4, -0.2) is 12.2 Å². The summed E-state index contributed by atoms with van der Waals surface area (Å²) in [5, 5.41) is 0. The van der Waals surface area contributed by atoms with E-state index < -0.39 is 12.6 Å². The van der Waals surface area contributed by atoms with Crippen molar-refractivity contribution < 1.29 is 13.2 Å². The molecule has 0 aliphatic heterocycles. The molecule has 0 saturated heterocycles.